The minimum absolute atomic E-state index is 0.183. The second-order valence-electron chi connectivity index (χ2n) is 9.80. The van der Waals surface area contributed by atoms with Crippen LogP contribution in [0.3, 0.4) is 0 Å². The van der Waals surface area contributed by atoms with Gasteiger partial charge in [-0.25, -0.2) is 4.68 Å². The fourth-order valence-corrected chi connectivity index (χ4v) is 5.49. The fourth-order valence-electron chi connectivity index (χ4n) is 4.70. The van der Waals surface area contributed by atoms with Gasteiger partial charge in [-0.15, -0.1) is 5.10 Å². The molecule has 2 N–H and O–H groups in total. The molecular weight excluding hydrogens is 518 g/mol. The molecule has 1 unspecified atom stereocenters. The molecule has 1 atom stereocenters. The highest BCUT2D eigenvalue weighted by molar-refractivity contribution is 7.98. The van der Waals surface area contributed by atoms with Crippen molar-refractivity contribution in [3.8, 4) is 5.75 Å². The zero-order chi connectivity index (χ0) is 27.7. The van der Waals surface area contributed by atoms with Crippen molar-refractivity contribution >= 4 is 29.3 Å². The molecule has 3 aromatic carbocycles. The number of nitrogens with zero attached hydrogens (tertiary/aromatic N) is 3. The Balaban J connectivity index is 1.41. The van der Waals surface area contributed by atoms with Crippen LogP contribution in [0.1, 0.15) is 56.7 Å². The van der Waals surface area contributed by atoms with Crippen LogP contribution < -0.4 is 15.4 Å². The molecule has 7 nitrogen and oxygen atoms in total. The number of hydrogen-bond acceptors (Lipinski definition) is 6. The van der Waals surface area contributed by atoms with Crippen molar-refractivity contribution in [1.82, 2.24) is 14.8 Å². The Kier molecular flexibility index (Phi) is 9.18. The summed E-state index contributed by atoms with van der Waals surface area (Å²) in [5.41, 5.74) is 4.21. The average molecular weight is 554 g/mol. The van der Waals surface area contributed by atoms with E-state index in [-0.39, 0.29) is 5.91 Å². The molecular formula is C32H35N5O2S. The number of carbonyl (C=O) groups is 1. The van der Waals surface area contributed by atoms with Crippen LogP contribution in [-0.4, -0.2) is 27.3 Å². The largest absolute Gasteiger partial charge is 0.494 e. The molecule has 8 heteroatoms. The van der Waals surface area contributed by atoms with Crippen molar-refractivity contribution in [3.05, 3.63) is 107 Å². The molecule has 40 heavy (non-hydrogen) atoms. The summed E-state index contributed by atoms with van der Waals surface area (Å²) in [4.78, 5) is 18.4. The van der Waals surface area contributed by atoms with E-state index in [0.29, 0.717) is 23.3 Å². The van der Waals surface area contributed by atoms with Crippen molar-refractivity contribution in [2.75, 3.05) is 17.2 Å². The maximum Gasteiger partial charge on any atom is 0.255 e. The first-order valence-corrected chi connectivity index (χ1v) is 14.8. The SMILES string of the molecule is CCCCCCOc1ccc(C2C(C(=O)Nc3ccccc3)=C(C)Nc3nc(SCc4ccccc4)nn32)cc1. The van der Waals surface area contributed by atoms with Crippen LogP contribution >= 0.6 is 11.8 Å². The van der Waals surface area contributed by atoms with Gasteiger partial charge in [-0.1, -0.05) is 98.6 Å². The second-order valence-corrected chi connectivity index (χ2v) is 10.7. The van der Waals surface area contributed by atoms with Crippen molar-refractivity contribution in [2.45, 2.75) is 56.5 Å². The van der Waals surface area contributed by atoms with Crippen molar-refractivity contribution in [3.63, 3.8) is 0 Å². The Hall–Kier alpha value is -4.04. The number of allylic oxidation sites excluding steroid dienone is 1. The third kappa shape index (κ3) is 6.74. The van der Waals surface area contributed by atoms with Gasteiger partial charge in [-0.2, -0.15) is 4.98 Å². The molecule has 2 heterocycles. The maximum atomic E-state index is 13.7. The van der Waals surface area contributed by atoms with E-state index in [2.05, 4.69) is 29.7 Å². The number of amides is 1. The van der Waals surface area contributed by atoms with E-state index in [4.69, 9.17) is 14.8 Å². The average Bonchev–Trinajstić information content (AvgIpc) is 3.39. The highest BCUT2D eigenvalue weighted by atomic mass is 32.2. The van der Waals surface area contributed by atoms with Gasteiger partial charge in [0.25, 0.3) is 5.91 Å². The van der Waals surface area contributed by atoms with Gasteiger partial charge in [0.15, 0.2) is 0 Å². The van der Waals surface area contributed by atoms with Gasteiger partial charge in [-0.3, -0.25) is 4.79 Å². The van der Waals surface area contributed by atoms with E-state index in [1.165, 1.54) is 24.8 Å². The number of hydrogen-bond donors (Lipinski definition) is 2. The van der Waals surface area contributed by atoms with Gasteiger partial charge in [-0.05, 0) is 48.7 Å². The minimum Gasteiger partial charge on any atom is -0.494 e. The molecule has 0 aliphatic carbocycles. The minimum atomic E-state index is -0.447. The summed E-state index contributed by atoms with van der Waals surface area (Å²) in [5, 5.41) is 11.9. The third-order valence-electron chi connectivity index (χ3n) is 6.78. The first-order chi connectivity index (χ1) is 19.6. The second kappa shape index (κ2) is 13.3. The highest BCUT2D eigenvalue weighted by Crippen LogP contribution is 2.37. The van der Waals surface area contributed by atoms with Crippen molar-refractivity contribution in [2.24, 2.45) is 0 Å². The number of thioether (sulfide) groups is 1. The monoisotopic (exact) mass is 553 g/mol. The molecule has 0 fully saturated rings. The van der Waals surface area contributed by atoms with Gasteiger partial charge in [0, 0.05) is 17.1 Å². The number of ether oxygens (including phenoxy) is 1. The third-order valence-corrected chi connectivity index (χ3v) is 7.69. The van der Waals surface area contributed by atoms with Gasteiger partial charge in [0.1, 0.15) is 11.8 Å². The van der Waals surface area contributed by atoms with Crippen molar-refractivity contribution in [1.29, 1.82) is 0 Å². The topological polar surface area (TPSA) is 81.1 Å². The van der Waals surface area contributed by atoms with Crippen LogP contribution in [0.5, 0.6) is 5.75 Å². The zero-order valence-electron chi connectivity index (χ0n) is 23.0. The van der Waals surface area contributed by atoms with Gasteiger partial charge in [0.05, 0.1) is 12.2 Å². The molecule has 0 saturated heterocycles. The standard InChI is InChI=1S/C32H35N5O2S/c1-3-4-5-12-21-39-27-19-17-25(18-20-27)29-28(30(38)34-26-15-10-7-11-16-26)23(2)33-31-35-32(36-37(29)31)40-22-24-13-8-6-9-14-24/h6-11,13-20,29H,3-5,12,21-22H2,1-2H3,(H,34,38)(H,33,35,36). The zero-order valence-corrected chi connectivity index (χ0v) is 23.8. The number of carbonyl (C=O) groups excluding carboxylic acids is 1. The lowest BCUT2D eigenvalue weighted by molar-refractivity contribution is -0.113. The van der Waals surface area contributed by atoms with E-state index in [0.717, 1.165) is 34.9 Å². The lowest BCUT2D eigenvalue weighted by Crippen LogP contribution is -2.31. The summed E-state index contributed by atoms with van der Waals surface area (Å²) in [6.07, 6.45) is 4.65. The fraction of sp³-hybridized carbons (Fsp3) is 0.281. The predicted molar refractivity (Wildman–Crippen MR) is 162 cm³/mol. The first kappa shape index (κ1) is 27.5. The van der Waals surface area contributed by atoms with Crippen LogP contribution in [0.2, 0.25) is 0 Å². The lowest BCUT2D eigenvalue weighted by Gasteiger charge is -2.28. The number of benzene rings is 3. The Morgan fingerprint density at radius 2 is 1.70 bits per heavy atom. The van der Waals surface area contributed by atoms with Crippen LogP contribution in [0.4, 0.5) is 11.6 Å². The molecule has 1 aliphatic heterocycles. The molecule has 206 valence electrons. The van der Waals surface area contributed by atoms with E-state index in [9.17, 15) is 4.79 Å². The van der Waals surface area contributed by atoms with Crippen LogP contribution in [0, 0.1) is 0 Å². The Morgan fingerprint density at radius 1 is 0.975 bits per heavy atom. The molecule has 0 radical (unpaired) electrons. The smallest absolute Gasteiger partial charge is 0.255 e. The van der Waals surface area contributed by atoms with E-state index < -0.39 is 6.04 Å². The van der Waals surface area contributed by atoms with Crippen LogP contribution in [-0.2, 0) is 10.5 Å². The van der Waals surface area contributed by atoms with Gasteiger partial charge < -0.3 is 15.4 Å². The number of fused-ring (bicyclic) bond motifs is 1. The molecule has 0 spiro atoms. The summed E-state index contributed by atoms with van der Waals surface area (Å²) in [6.45, 7) is 4.82. The number of rotatable bonds is 12. The Morgan fingerprint density at radius 3 is 2.42 bits per heavy atom. The van der Waals surface area contributed by atoms with Gasteiger partial charge in [0.2, 0.25) is 11.1 Å². The molecule has 1 amide bonds. The number of anilines is 2. The summed E-state index contributed by atoms with van der Waals surface area (Å²) in [6, 6.07) is 27.3. The number of unbranched alkanes of at least 4 members (excludes halogenated alkanes) is 3. The molecule has 5 rings (SSSR count). The Labute approximate surface area is 240 Å². The van der Waals surface area contributed by atoms with Crippen LogP contribution in [0.15, 0.2) is 101 Å². The lowest BCUT2D eigenvalue weighted by atomic mass is 9.95. The maximum absolute atomic E-state index is 13.7. The molecule has 0 saturated carbocycles. The van der Waals surface area contributed by atoms with E-state index in [1.54, 1.807) is 11.8 Å². The summed E-state index contributed by atoms with van der Waals surface area (Å²) in [7, 11) is 0. The molecule has 4 aromatic rings. The highest BCUT2D eigenvalue weighted by Gasteiger charge is 2.34. The summed E-state index contributed by atoms with van der Waals surface area (Å²) >= 11 is 1.57. The summed E-state index contributed by atoms with van der Waals surface area (Å²) < 4.78 is 7.80. The summed E-state index contributed by atoms with van der Waals surface area (Å²) in [5.74, 6) is 2.01. The number of nitrogens with one attached hydrogen (secondary N) is 2. The van der Waals surface area contributed by atoms with Crippen LogP contribution in [0.25, 0.3) is 0 Å². The number of aromatic nitrogens is 3. The Bertz CT molecular complexity index is 1440. The quantitative estimate of drug-likeness (QED) is 0.140. The van der Waals surface area contributed by atoms with E-state index >= 15 is 0 Å². The first-order valence-electron chi connectivity index (χ1n) is 13.8. The van der Waals surface area contributed by atoms with Crippen molar-refractivity contribution < 1.29 is 9.53 Å². The molecule has 1 aliphatic rings. The molecule has 1 aromatic heterocycles. The van der Waals surface area contributed by atoms with E-state index in [1.807, 2.05) is 84.4 Å². The molecule has 0 bridgehead atoms. The number of para-hydroxylation sites is 1. The van der Waals surface area contributed by atoms with Gasteiger partial charge >= 0.3 is 0 Å². The normalized spacial score (nSPS) is 14.4. The predicted octanol–water partition coefficient (Wildman–Crippen LogP) is 7.46.